The molecule has 0 radical (unpaired) electrons. The van der Waals surface area contributed by atoms with Crippen LogP contribution < -0.4 is 20.7 Å². The van der Waals surface area contributed by atoms with Crippen LogP contribution in [0.2, 0.25) is 0 Å². The van der Waals surface area contributed by atoms with Gasteiger partial charge in [0.05, 0.1) is 0 Å². The molecule has 3 aromatic rings. The molecule has 0 saturated heterocycles. The Morgan fingerprint density at radius 3 is 1.48 bits per heavy atom. The molecule has 0 aromatic heterocycles. The molecule has 0 bridgehead atoms. The molecule has 0 saturated carbocycles. The van der Waals surface area contributed by atoms with Crippen LogP contribution in [0.4, 0.5) is 0 Å². The lowest BCUT2D eigenvalue weighted by atomic mass is 9.83. The fourth-order valence-electron chi connectivity index (χ4n) is 2.55. The van der Waals surface area contributed by atoms with E-state index >= 15 is 0 Å². The van der Waals surface area contributed by atoms with Gasteiger partial charge in [-0.1, -0.05) is 91.0 Å². The zero-order chi connectivity index (χ0) is 16.1. The zero-order valence-corrected chi connectivity index (χ0v) is 15.0. The predicted octanol–water partition coefficient (Wildman–Crippen LogP) is 2.71. The minimum absolute atomic E-state index is 0.347. The van der Waals surface area contributed by atoms with E-state index < -0.39 is 7.55 Å². The standard InChI is InChI=1S/C18H16BCl2NSi/c20-19(16-10-4-1-5-11-16)22-23(21,17-12-6-2-7-13-17)18-14-8-3-9-15-18/h1-15,22H. The maximum Gasteiger partial charge on any atom is 0.356 e. The van der Waals surface area contributed by atoms with Gasteiger partial charge >= 0.3 is 6.26 Å². The molecule has 0 spiro atoms. The van der Waals surface area contributed by atoms with Crippen molar-refractivity contribution in [3.63, 3.8) is 0 Å². The molecule has 1 nitrogen and oxygen atoms in total. The molecular formula is C18H16BCl2NSi. The average Bonchev–Trinajstić information content (AvgIpc) is 2.64. The van der Waals surface area contributed by atoms with E-state index in [1.165, 1.54) is 0 Å². The van der Waals surface area contributed by atoms with Crippen molar-refractivity contribution in [3.8, 4) is 0 Å². The second-order valence-corrected chi connectivity index (χ2v) is 10.2. The molecular weight excluding hydrogens is 340 g/mol. The monoisotopic (exact) mass is 355 g/mol. The topological polar surface area (TPSA) is 12.0 Å². The van der Waals surface area contributed by atoms with E-state index in [0.29, 0.717) is 0 Å². The first-order chi connectivity index (χ1) is 11.2. The first-order valence-electron chi connectivity index (χ1n) is 7.47. The molecule has 114 valence electrons. The third-order valence-electron chi connectivity index (χ3n) is 3.76. The van der Waals surface area contributed by atoms with Crippen LogP contribution in [0.5, 0.6) is 0 Å². The van der Waals surface area contributed by atoms with Crippen LogP contribution in [0.3, 0.4) is 0 Å². The second-order valence-electron chi connectivity index (χ2n) is 5.31. The summed E-state index contributed by atoms with van der Waals surface area (Å²) in [5.41, 5.74) is 1.01. The highest BCUT2D eigenvalue weighted by Crippen LogP contribution is 2.09. The number of rotatable bonds is 5. The molecule has 0 fully saturated rings. The fourth-order valence-corrected chi connectivity index (χ4v) is 6.92. The molecule has 0 amide bonds. The van der Waals surface area contributed by atoms with E-state index in [1.54, 1.807) is 0 Å². The normalized spacial score (nSPS) is 11.2. The van der Waals surface area contributed by atoms with Gasteiger partial charge in [0, 0.05) is 0 Å². The molecule has 23 heavy (non-hydrogen) atoms. The van der Waals surface area contributed by atoms with Crippen molar-refractivity contribution in [2.24, 2.45) is 0 Å². The van der Waals surface area contributed by atoms with Gasteiger partial charge < -0.3 is 4.89 Å². The number of hydrogen-bond acceptors (Lipinski definition) is 1. The molecule has 0 unspecified atom stereocenters. The molecule has 0 aliphatic carbocycles. The number of benzene rings is 3. The lowest BCUT2D eigenvalue weighted by Crippen LogP contribution is -2.69. The van der Waals surface area contributed by atoms with E-state index in [4.69, 9.17) is 22.5 Å². The van der Waals surface area contributed by atoms with Crippen molar-refractivity contribution in [2.75, 3.05) is 0 Å². The number of hydrogen-bond donors (Lipinski definition) is 1. The maximum atomic E-state index is 7.18. The van der Waals surface area contributed by atoms with E-state index in [-0.39, 0.29) is 6.26 Å². The summed E-state index contributed by atoms with van der Waals surface area (Å²) in [6.07, 6.45) is -0.347. The van der Waals surface area contributed by atoms with Gasteiger partial charge in [-0.25, -0.2) is 0 Å². The Balaban J connectivity index is 2.00. The Labute approximate surface area is 148 Å². The fraction of sp³-hybridized carbons (Fsp3) is 0. The minimum atomic E-state index is -2.66. The number of halogens is 2. The Morgan fingerprint density at radius 2 is 1.04 bits per heavy atom. The molecule has 0 aliphatic heterocycles. The lowest BCUT2D eigenvalue weighted by molar-refractivity contribution is 1.50. The Morgan fingerprint density at radius 1 is 0.652 bits per heavy atom. The van der Waals surface area contributed by atoms with Crippen molar-refractivity contribution in [3.05, 3.63) is 91.0 Å². The zero-order valence-electron chi connectivity index (χ0n) is 12.5. The van der Waals surface area contributed by atoms with Crippen molar-refractivity contribution >= 4 is 52.2 Å². The Kier molecular flexibility index (Phi) is 5.24. The van der Waals surface area contributed by atoms with Gasteiger partial charge in [-0.3, -0.25) is 0 Å². The summed E-state index contributed by atoms with van der Waals surface area (Å²) in [5.74, 6) is 0. The van der Waals surface area contributed by atoms with Gasteiger partial charge in [-0.2, -0.15) is 11.5 Å². The Hall–Kier alpha value is -1.52. The summed E-state index contributed by atoms with van der Waals surface area (Å²) in [4.78, 5) is 3.51. The predicted molar refractivity (Wildman–Crippen MR) is 105 cm³/mol. The van der Waals surface area contributed by atoms with Crippen LogP contribution >= 0.6 is 22.5 Å². The summed E-state index contributed by atoms with van der Waals surface area (Å²) in [5, 5.41) is 2.18. The molecule has 1 N–H and O–H groups in total. The van der Waals surface area contributed by atoms with Gasteiger partial charge in [0.1, 0.15) is 0 Å². The number of nitrogens with one attached hydrogen (secondary N) is 1. The summed E-state index contributed by atoms with van der Waals surface area (Å²) in [7, 11) is -2.66. The van der Waals surface area contributed by atoms with Crippen LogP contribution in [0.15, 0.2) is 91.0 Å². The highest BCUT2D eigenvalue weighted by Gasteiger charge is 2.38. The quantitative estimate of drug-likeness (QED) is 0.548. The molecule has 0 aliphatic rings. The molecule has 3 rings (SSSR count). The van der Waals surface area contributed by atoms with Crippen molar-refractivity contribution in [1.82, 2.24) is 4.89 Å². The van der Waals surface area contributed by atoms with Crippen LogP contribution in [-0.2, 0) is 0 Å². The van der Waals surface area contributed by atoms with Crippen LogP contribution in [0, 0.1) is 0 Å². The maximum absolute atomic E-state index is 7.18. The first kappa shape index (κ1) is 16.3. The third-order valence-corrected chi connectivity index (χ3v) is 8.89. The van der Waals surface area contributed by atoms with E-state index in [0.717, 1.165) is 15.8 Å². The minimum Gasteiger partial charge on any atom is -0.341 e. The van der Waals surface area contributed by atoms with Gasteiger partial charge in [0.15, 0.2) is 0 Å². The van der Waals surface area contributed by atoms with Crippen LogP contribution in [0.25, 0.3) is 0 Å². The van der Waals surface area contributed by atoms with Crippen molar-refractivity contribution < 1.29 is 0 Å². The van der Waals surface area contributed by atoms with E-state index in [2.05, 4.69) is 29.2 Å². The van der Waals surface area contributed by atoms with Crippen molar-refractivity contribution in [1.29, 1.82) is 0 Å². The highest BCUT2D eigenvalue weighted by atomic mass is 35.6. The lowest BCUT2D eigenvalue weighted by Gasteiger charge is -2.28. The summed E-state index contributed by atoms with van der Waals surface area (Å²) in [6, 6.07) is 30.2. The van der Waals surface area contributed by atoms with Crippen LogP contribution in [-0.4, -0.2) is 13.8 Å². The third kappa shape index (κ3) is 3.70. The summed E-state index contributed by atoms with van der Waals surface area (Å²) >= 11 is 13.8. The second kappa shape index (κ2) is 7.37. The van der Waals surface area contributed by atoms with Gasteiger partial charge in [0.25, 0.3) is 7.55 Å². The SMILES string of the molecule is ClB(N[Si](Cl)(c1ccccc1)c1ccccc1)c1ccccc1. The highest BCUT2D eigenvalue weighted by molar-refractivity contribution is 7.37. The molecule has 3 aromatic carbocycles. The van der Waals surface area contributed by atoms with E-state index in [1.807, 2.05) is 66.7 Å². The largest absolute Gasteiger partial charge is 0.356 e. The average molecular weight is 356 g/mol. The molecule has 5 heteroatoms. The summed E-state index contributed by atoms with van der Waals surface area (Å²) in [6.45, 7) is 0. The first-order valence-corrected chi connectivity index (χ1v) is 10.9. The van der Waals surface area contributed by atoms with E-state index in [9.17, 15) is 0 Å². The molecule has 0 atom stereocenters. The molecule has 0 heterocycles. The Bertz CT molecular complexity index is 701. The van der Waals surface area contributed by atoms with Gasteiger partial charge in [0.2, 0.25) is 0 Å². The van der Waals surface area contributed by atoms with Gasteiger partial charge in [-0.05, 0) is 15.8 Å². The van der Waals surface area contributed by atoms with Crippen molar-refractivity contribution in [2.45, 2.75) is 0 Å². The van der Waals surface area contributed by atoms with Crippen LogP contribution in [0.1, 0.15) is 0 Å². The summed E-state index contributed by atoms with van der Waals surface area (Å²) < 4.78 is 0. The smallest absolute Gasteiger partial charge is 0.341 e. The van der Waals surface area contributed by atoms with Gasteiger partial charge in [-0.15, -0.1) is 11.1 Å².